The van der Waals surface area contributed by atoms with Gasteiger partial charge < -0.3 is 5.73 Å². The van der Waals surface area contributed by atoms with Crippen molar-refractivity contribution in [2.75, 3.05) is 18.8 Å². The number of nitrogens with zero attached hydrogens (tertiary/aromatic N) is 1. The van der Waals surface area contributed by atoms with Crippen LogP contribution in [-0.2, 0) is 6.42 Å². The van der Waals surface area contributed by atoms with Crippen LogP contribution in [0.4, 0.5) is 5.69 Å². The standard InChI is InChI=1S/C15H22N2/c1-2-10-17(15-8-9-15)11-4-6-13-5-3-7-14(16)12-13/h2-3,5,7,12,15H,1,4,6,8-11,16H2. The summed E-state index contributed by atoms with van der Waals surface area (Å²) in [6, 6.07) is 9.04. The molecular formula is C15H22N2. The molecule has 1 aromatic rings. The molecule has 2 rings (SSSR count). The Morgan fingerprint density at radius 2 is 2.24 bits per heavy atom. The maximum absolute atomic E-state index is 5.77. The lowest BCUT2D eigenvalue weighted by molar-refractivity contribution is 0.288. The summed E-state index contributed by atoms with van der Waals surface area (Å²) >= 11 is 0. The monoisotopic (exact) mass is 230 g/mol. The van der Waals surface area contributed by atoms with Crippen LogP contribution in [0.5, 0.6) is 0 Å². The van der Waals surface area contributed by atoms with Gasteiger partial charge in [-0.25, -0.2) is 0 Å². The van der Waals surface area contributed by atoms with Crippen molar-refractivity contribution in [3.63, 3.8) is 0 Å². The van der Waals surface area contributed by atoms with Crippen molar-refractivity contribution < 1.29 is 0 Å². The first-order valence-electron chi connectivity index (χ1n) is 6.49. The molecule has 0 bridgehead atoms. The Balaban J connectivity index is 1.76. The van der Waals surface area contributed by atoms with Crippen LogP contribution in [0.2, 0.25) is 0 Å². The molecule has 1 aromatic carbocycles. The molecule has 17 heavy (non-hydrogen) atoms. The van der Waals surface area contributed by atoms with Crippen LogP contribution in [0.1, 0.15) is 24.8 Å². The van der Waals surface area contributed by atoms with E-state index in [4.69, 9.17) is 5.73 Å². The molecule has 0 aromatic heterocycles. The van der Waals surface area contributed by atoms with Gasteiger partial charge in [0, 0.05) is 18.3 Å². The van der Waals surface area contributed by atoms with E-state index in [9.17, 15) is 0 Å². The number of aryl methyl sites for hydroxylation is 1. The summed E-state index contributed by atoms with van der Waals surface area (Å²) in [4.78, 5) is 2.54. The number of anilines is 1. The van der Waals surface area contributed by atoms with Gasteiger partial charge in [-0.05, 0) is 49.9 Å². The predicted molar refractivity (Wildman–Crippen MR) is 74.0 cm³/mol. The highest BCUT2D eigenvalue weighted by molar-refractivity contribution is 5.40. The first kappa shape index (κ1) is 12.2. The van der Waals surface area contributed by atoms with Gasteiger partial charge in [-0.15, -0.1) is 6.58 Å². The summed E-state index contributed by atoms with van der Waals surface area (Å²) in [6.07, 6.45) is 7.07. The maximum atomic E-state index is 5.77. The highest BCUT2D eigenvalue weighted by Crippen LogP contribution is 2.26. The largest absolute Gasteiger partial charge is 0.399 e. The third-order valence-corrected chi connectivity index (χ3v) is 3.29. The van der Waals surface area contributed by atoms with Crippen molar-refractivity contribution in [2.45, 2.75) is 31.7 Å². The first-order chi connectivity index (χ1) is 8.29. The van der Waals surface area contributed by atoms with Crippen LogP contribution in [0.25, 0.3) is 0 Å². The third-order valence-electron chi connectivity index (χ3n) is 3.29. The van der Waals surface area contributed by atoms with Gasteiger partial charge in [0.1, 0.15) is 0 Å². The van der Waals surface area contributed by atoms with Crippen molar-refractivity contribution in [2.24, 2.45) is 0 Å². The van der Waals surface area contributed by atoms with Crippen molar-refractivity contribution >= 4 is 5.69 Å². The van der Waals surface area contributed by atoms with Crippen LogP contribution in [0, 0.1) is 0 Å². The number of nitrogen functional groups attached to an aromatic ring is 1. The van der Waals surface area contributed by atoms with Crippen LogP contribution in [-0.4, -0.2) is 24.0 Å². The molecule has 2 heteroatoms. The average molecular weight is 230 g/mol. The Labute approximate surface area is 104 Å². The Morgan fingerprint density at radius 1 is 1.41 bits per heavy atom. The molecule has 1 aliphatic carbocycles. The summed E-state index contributed by atoms with van der Waals surface area (Å²) in [5, 5.41) is 0. The van der Waals surface area contributed by atoms with E-state index in [1.807, 2.05) is 18.2 Å². The van der Waals surface area contributed by atoms with Gasteiger partial charge >= 0.3 is 0 Å². The second kappa shape index (κ2) is 5.87. The molecule has 1 saturated carbocycles. The van der Waals surface area contributed by atoms with Crippen LogP contribution < -0.4 is 5.73 Å². The summed E-state index contributed by atoms with van der Waals surface area (Å²) < 4.78 is 0. The molecule has 0 spiro atoms. The van der Waals surface area contributed by atoms with E-state index in [2.05, 4.69) is 23.6 Å². The molecule has 1 fully saturated rings. The Hall–Kier alpha value is -1.28. The number of hydrogen-bond donors (Lipinski definition) is 1. The highest BCUT2D eigenvalue weighted by atomic mass is 15.2. The Bertz CT molecular complexity index is 369. The van der Waals surface area contributed by atoms with E-state index >= 15 is 0 Å². The van der Waals surface area contributed by atoms with Gasteiger partial charge in [0.05, 0.1) is 0 Å². The Morgan fingerprint density at radius 3 is 2.88 bits per heavy atom. The van der Waals surface area contributed by atoms with Gasteiger partial charge in [-0.1, -0.05) is 18.2 Å². The van der Waals surface area contributed by atoms with Crippen molar-refractivity contribution in [3.8, 4) is 0 Å². The van der Waals surface area contributed by atoms with E-state index in [-0.39, 0.29) is 0 Å². The minimum absolute atomic E-state index is 0.828. The number of hydrogen-bond acceptors (Lipinski definition) is 2. The van der Waals surface area contributed by atoms with Crippen LogP contribution >= 0.6 is 0 Å². The van der Waals surface area contributed by atoms with Gasteiger partial charge in [0.2, 0.25) is 0 Å². The number of nitrogens with two attached hydrogens (primary N) is 1. The molecule has 2 N–H and O–H groups in total. The van der Waals surface area contributed by atoms with Gasteiger partial charge in [0.15, 0.2) is 0 Å². The molecule has 92 valence electrons. The van der Waals surface area contributed by atoms with Crippen molar-refractivity contribution in [1.82, 2.24) is 4.90 Å². The van der Waals surface area contributed by atoms with Gasteiger partial charge in [-0.2, -0.15) is 0 Å². The fourth-order valence-corrected chi connectivity index (χ4v) is 2.26. The SMILES string of the molecule is C=CCN(CCCc1cccc(N)c1)C1CC1. The Kier molecular flexibility index (Phi) is 4.21. The molecule has 0 unspecified atom stereocenters. The molecule has 0 radical (unpaired) electrons. The van der Waals surface area contributed by atoms with E-state index in [0.29, 0.717) is 0 Å². The molecule has 0 saturated heterocycles. The average Bonchev–Trinajstić information content (AvgIpc) is 3.12. The topological polar surface area (TPSA) is 29.3 Å². The lowest BCUT2D eigenvalue weighted by Gasteiger charge is -2.19. The minimum atomic E-state index is 0.828. The van der Waals surface area contributed by atoms with Crippen LogP contribution in [0.3, 0.4) is 0 Å². The van der Waals surface area contributed by atoms with Crippen molar-refractivity contribution in [1.29, 1.82) is 0 Å². The number of rotatable bonds is 7. The van der Waals surface area contributed by atoms with Gasteiger partial charge in [0.25, 0.3) is 0 Å². The molecule has 2 nitrogen and oxygen atoms in total. The second-order valence-corrected chi connectivity index (χ2v) is 4.86. The molecule has 0 heterocycles. The van der Waals surface area contributed by atoms with E-state index in [1.165, 1.54) is 31.4 Å². The quantitative estimate of drug-likeness (QED) is 0.576. The summed E-state index contributed by atoms with van der Waals surface area (Å²) in [5.41, 5.74) is 7.99. The molecule has 0 aliphatic heterocycles. The normalized spacial score (nSPS) is 15.1. The predicted octanol–water partition coefficient (Wildman–Crippen LogP) is 2.85. The lowest BCUT2D eigenvalue weighted by Crippen LogP contribution is -2.27. The third kappa shape index (κ3) is 3.90. The smallest absolute Gasteiger partial charge is 0.0316 e. The maximum Gasteiger partial charge on any atom is 0.0316 e. The summed E-state index contributed by atoms with van der Waals surface area (Å²) in [7, 11) is 0. The zero-order valence-corrected chi connectivity index (χ0v) is 10.4. The van der Waals surface area contributed by atoms with Gasteiger partial charge in [-0.3, -0.25) is 4.90 Å². The number of benzene rings is 1. The van der Waals surface area contributed by atoms with Crippen molar-refractivity contribution in [3.05, 3.63) is 42.5 Å². The van der Waals surface area contributed by atoms with Crippen LogP contribution in [0.15, 0.2) is 36.9 Å². The molecular weight excluding hydrogens is 208 g/mol. The molecule has 0 amide bonds. The lowest BCUT2D eigenvalue weighted by atomic mass is 10.1. The summed E-state index contributed by atoms with van der Waals surface area (Å²) in [5.74, 6) is 0. The van der Waals surface area contributed by atoms with E-state index in [0.717, 1.165) is 24.7 Å². The highest BCUT2D eigenvalue weighted by Gasteiger charge is 2.27. The van der Waals surface area contributed by atoms with E-state index in [1.54, 1.807) is 0 Å². The van der Waals surface area contributed by atoms with E-state index < -0.39 is 0 Å². The zero-order chi connectivity index (χ0) is 12.1. The minimum Gasteiger partial charge on any atom is -0.399 e. The molecule has 1 aliphatic rings. The fourth-order valence-electron chi connectivity index (χ4n) is 2.26. The zero-order valence-electron chi connectivity index (χ0n) is 10.4. The first-order valence-corrected chi connectivity index (χ1v) is 6.49. The molecule has 0 atom stereocenters. The second-order valence-electron chi connectivity index (χ2n) is 4.86. The fraction of sp³-hybridized carbons (Fsp3) is 0.467. The summed E-state index contributed by atoms with van der Waals surface area (Å²) in [6.45, 7) is 6.03.